The number of guanidine groups is 1. The maximum absolute atomic E-state index is 4.17. The summed E-state index contributed by atoms with van der Waals surface area (Å²) in [5, 5.41) is 6.56. The summed E-state index contributed by atoms with van der Waals surface area (Å²) in [6.07, 6.45) is 4.14. The van der Waals surface area contributed by atoms with Crippen molar-refractivity contribution in [3.05, 3.63) is 24.0 Å². The highest BCUT2D eigenvalue weighted by Gasteiger charge is 2.00. The van der Waals surface area contributed by atoms with E-state index >= 15 is 0 Å². The van der Waals surface area contributed by atoms with Crippen LogP contribution < -0.4 is 10.6 Å². The molecule has 1 aromatic heterocycles. The third-order valence-corrected chi connectivity index (χ3v) is 2.25. The standard InChI is InChI=1S/C12H22N4/c1-10(2)7-14-12(13-3)15-8-11-5-6-16(4)9-11/h5-6,9-10H,7-8H2,1-4H3,(H2,13,14,15). The van der Waals surface area contributed by atoms with Crippen molar-refractivity contribution in [3.8, 4) is 0 Å². The maximum atomic E-state index is 4.17. The Labute approximate surface area is 97.8 Å². The summed E-state index contributed by atoms with van der Waals surface area (Å²) in [6, 6.07) is 2.10. The summed E-state index contributed by atoms with van der Waals surface area (Å²) in [4.78, 5) is 4.17. The summed E-state index contributed by atoms with van der Waals surface area (Å²) >= 11 is 0. The monoisotopic (exact) mass is 222 g/mol. The number of nitrogens with zero attached hydrogens (tertiary/aromatic N) is 2. The van der Waals surface area contributed by atoms with Gasteiger partial charge in [-0.2, -0.15) is 0 Å². The average molecular weight is 222 g/mol. The van der Waals surface area contributed by atoms with Gasteiger partial charge in [0.2, 0.25) is 0 Å². The highest BCUT2D eigenvalue weighted by atomic mass is 15.2. The van der Waals surface area contributed by atoms with Gasteiger partial charge in [0, 0.05) is 39.6 Å². The Hall–Kier alpha value is -1.45. The second kappa shape index (κ2) is 6.20. The SMILES string of the molecule is CN=C(NCc1ccn(C)c1)NCC(C)C. The first-order valence-corrected chi connectivity index (χ1v) is 5.67. The molecular formula is C12H22N4. The van der Waals surface area contributed by atoms with E-state index in [1.165, 1.54) is 5.56 Å². The second-order valence-electron chi connectivity index (χ2n) is 4.39. The first-order valence-electron chi connectivity index (χ1n) is 5.67. The van der Waals surface area contributed by atoms with E-state index in [4.69, 9.17) is 0 Å². The number of rotatable bonds is 4. The van der Waals surface area contributed by atoms with Gasteiger partial charge in [0.25, 0.3) is 0 Å². The van der Waals surface area contributed by atoms with Crippen molar-refractivity contribution >= 4 is 5.96 Å². The van der Waals surface area contributed by atoms with Crippen LogP contribution in [0.5, 0.6) is 0 Å². The topological polar surface area (TPSA) is 41.4 Å². The Morgan fingerprint density at radius 2 is 2.19 bits per heavy atom. The van der Waals surface area contributed by atoms with Gasteiger partial charge in [-0.1, -0.05) is 13.8 Å². The molecule has 0 saturated carbocycles. The highest BCUT2D eigenvalue weighted by Crippen LogP contribution is 1.98. The molecule has 4 heteroatoms. The third-order valence-electron chi connectivity index (χ3n) is 2.25. The molecule has 90 valence electrons. The minimum atomic E-state index is 0.621. The van der Waals surface area contributed by atoms with Crippen molar-refractivity contribution in [1.29, 1.82) is 0 Å². The number of aromatic nitrogens is 1. The molecule has 0 aliphatic heterocycles. The van der Waals surface area contributed by atoms with E-state index in [2.05, 4.69) is 41.7 Å². The predicted molar refractivity (Wildman–Crippen MR) is 68.5 cm³/mol. The van der Waals surface area contributed by atoms with Gasteiger partial charge < -0.3 is 15.2 Å². The molecule has 0 amide bonds. The van der Waals surface area contributed by atoms with Crippen molar-refractivity contribution in [3.63, 3.8) is 0 Å². The number of hydrogen-bond acceptors (Lipinski definition) is 1. The lowest BCUT2D eigenvalue weighted by Gasteiger charge is -2.12. The molecule has 16 heavy (non-hydrogen) atoms. The molecule has 1 rings (SSSR count). The predicted octanol–water partition coefficient (Wildman–Crippen LogP) is 1.35. The number of aliphatic imine (C=N–C) groups is 1. The fourth-order valence-corrected chi connectivity index (χ4v) is 1.37. The van der Waals surface area contributed by atoms with Crippen LogP contribution in [0.15, 0.2) is 23.5 Å². The second-order valence-corrected chi connectivity index (χ2v) is 4.39. The molecule has 0 fully saturated rings. The van der Waals surface area contributed by atoms with Crippen molar-refractivity contribution in [2.24, 2.45) is 18.0 Å². The zero-order chi connectivity index (χ0) is 12.0. The Kier molecular flexibility index (Phi) is 4.89. The molecule has 0 atom stereocenters. The van der Waals surface area contributed by atoms with Crippen LogP contribution >= 0.6 is 0 Å². The van der Waals surface area contributed by atoms with E-state index < -0.39 is 0 Å². The van der Waals surface area contributed by atoms with Crippen LogP contribution in [-0.4, -0.2) is 24.1 Å². The minimum Gasteiger partial charge on any atom is -0.357 e. The molecule has 1 heterocycles. The summed E-state index contributed by atoms with van der Waals surface area (Å²) in [5.74, 6) is 1.48. The average Bonchev–Trinajstić information content (AvgIpc) is 2.64. The fraction of sp³-hybridized carbons (Fsp3) is 0.583. The van der Waals surface area contributed by atoms with Crippen molar-refractivity contribution in [1.82, 2.24) is 15.2 Å². The Morgan fingerprint density at radius 3 is 2.69 bits per heavy atom. The Morgan fingerprint density at radius 1 is 1.44 bits per heavy atom. The number of hydrogen-bond donors (Lipinski definition) is 2. The van der Waals surface area contributed by atoms with Gasteiger partial charge in [-0.15, -0.1) is 0 Å². The lowest BCUT2D eigenvalue weighted by molar-refractivity contribution is 0.614. The van der Waals surface area contributed by atoms with Crippen LogP contribution in [0.25, 0.3) is 0 Å². The van der Waals surface area contributed by atoms with Crippen LogP contribution in [0.4, 0.5) is 0 Å². The summed E-state index contributed by atoms with van der Waals surface area (Å²) in [5.41, 5.74) is 1.26. The molecule has 0 aliphatic carbocycles. The van der Waals surface area contributed by atoms with E-state index in [0.717, 1.165) is 19.0 Å². The summed E-state index contributed by atoms with van der Waals surface area (Å²) in [7, 11) is 3.82. The normalized spacial score (nSPS) is 11.9. The fourth-order valence-electron chi connectivity index (χ4n) is 1.37. The van der Waals surface area contributed by atoms with E-state index in [0.29, 0.717) is 5.92 Å². The van der Waals surface area contributed by atoms with Crippen LogP contribution in [-0.2, 0) is 13.6 Å². The van der Waals surface area contributed by atoms with E-state index in [1.807, 2.05) is 17.8 Å². The molecule has 0 unspecified atom stereocenters. The van der Waals surface area contributed by atoms with E-state index in [9.17, 15) is 0 Å². The quantitative estimate of drug-likeness (QED) is 0.596. The van der Waals surface area contributed by atoms with Gasteiger partial charge in [0.1, 0.15) is 0 Å². The molecule has 1 aromatic rings. The van der Waals surface area contributed by atoms with Gasteiger partial charge >= 0.3 is 0 Å². The van der Waals surface area contributed by atoms with Crippen molar-refractivity contribution < 1.29 is 0 Å². The maximum Gasteiger partial charge on any atom is 0.191 e. The van der Waals surface area contributed by atoms with Crippen LogP contribution in [0.2, 0.25) is 0 Å². The first-order chi connectivity index (χ1) is 7.61. The molecule has 2 N–H and O–H groups in total. The molecule has 0 saturated heterocycles. The molecule has 4 nitrogen and oxygen atoms in total. The number of aryl methyl sites for hydroxylation is 1. The first kappa shape index (κ1) is 12.6. The molecule has 0 radical (unpaired) electrons. The zero-order valence-electron chi connectivity index (χ0n) is 10.6. The highest BCUT2D eigenvalue weighted by molar-refractivity contribution is 5.79. The summed E-state index contributed by atoms with van der Waals surface area (Å²) in [6.45, 7) is 6.10. The largest absolute Gasteiger partial charge is 0.357 e. The number of nitrogens with one attached hydrogen (secondary N) is 2. The zero-order valence-corrected chi connectivity index (χ0v) is 10.6. The smallest absolute Gasteiger partial charge is 0.191 e. The molecular weight excluding hydrogens is 200 g/mol. The molecule has 0 bridgehead atoms. The van der Waals surface area contributed by atoms with Crippen LogP contribution in [0.3, 0.4) is 0 Å². The lowest BCUT2D eigenvalue weighted by atomic mass is 10.2. The van der Waals surface area contributed by atoms with Crippen molar-refractivity contribution in [2.75, 3.05) is 13.6 Å². The third kappa shape index (κ3) is 4.38. The Balaban J connectivity index is 2.34. The Bertz CT molecular complexity index is 339. The van der Waals surface area contributed by atoms with Crippen molar-refractivity contribution in [2.45, 2.75) is 20.4 Å². The summed E-state index contributed by atoms with van der Waals surface area (Å²) < 4.78 is 2.04. The van der Waals surface area contributed by atoms with Gasteiger partial charge in [0.05, 0.1) is 0 Å². The van der Waals surface area contributed by atoms with Gasteiger partial charge in [-0.25, -0.2) is 0 Å². The van der Waals surface area contributed by atoms with Gasteiger partial charge in [-0.05, 0) is 17.5 Å². The van der Waals surface area contributed by atoms with Gasteiger partial charge in [0.15, 0.2) is 5.96 Å². The molecule has 0 aromatic carbocycles. The minimum absolute atomic E-state index is 0.621. The van der Waals surface area contributed by atoms with Gasteiger partial charge in [-0.3, -0.25) is 4.99 Å². The molecule has 0 aliphatic rings. The lowest BCUT2D eigenvalue weighted by Crippen LogP contribution is -2.38. The van der Waals surface area contributed by atoms with E-state index in [-0.39, 0.29) is 0 Å². The van der Waals surface area contributed by atoms with E-state index in [1.54, 1.807) is 7.05 Å². The molecule has 0 spiro atoms. The van der Waals surface area contributed by atoms with Crippen LogP contribution in [0.1, 0.15) is 19.4 Å². The van der Waals surface area contributed by atoms with Crippen LogP contribution in [0, 0.1) is 5.92 Å².